The van der Waals surface area contributed by atoms with Gasteiger partial charge in [-0.25, -0.2) is 23.1 Å². The summed E-state index contributed by atoms with van der Waals surface area (Å²) in [5, 5.41) is 2.88. The molecule has 1 aliphatic rings. The lowest BCUT2D eigenvalue weighted by molar-refractivity contribution is -0.140. The number of ether oxygens (including phenoxy) is 1. The third-order valence-corrected chi connectivity index (χ3v) is 6.25. The lowest BCUT2D eigenvalue weighted by Gasteiger charge is -2.23. The number of nitrogens with zero attached hydrogens (tertiary/aromatic N) is 3. The summed E-state index contributed by atoms with van der Waals surface area (Å²) in [6.07, 6.45) is -2.37. The summed E-state index contributed by atoms with van der Waals surface area (Å²) in [4.78, 5) is 11.9. The fourth-order valence-electron chi connectivity index (χ4n) is 3.39. The fourth-order valence-corrected chi connectivity index (χ4v) is 4.93. The lowest BCUT2D eigenvalue weighted by atomic mass is 10.2. The van der Waals surface area contributed by atoms with E-state index in [1.54, 1.807) is 23.7 Å². The standard InChI is InChI=1S/C18H18F3N5O3S2.CH4/c1-31(27,28)26-12-3-2-4-14(12)29-16-11(18(19,20)21)8-22-17(25-16)24-10-5-6-13-15(7-10)30-9-23-13;/h5-9,12,14,26H,2-4H2,1H3,(H,22,24,25);1H4/t12-,14-;/m1./s1. The van der Waals surface area contributed by atoms with Gasteiger partial charge in [0.1, 0.15) is 11.7 Å². The summed E-state index contributed by atoms with van der Waals surface area (Å²) in [5.41, 5.74) is 1.96. The van der Waals surface area contributed by atoms with Gasteiger partial charge in [-0.05, 0) is 37.5 Å². The van der Waals surface area contributed by atoms with E-state index in [2.05, 4.69) is 25.0 Å². The highest BCUT2D eigenvalue weighted by Crippen LogP contribution is 2.37. The Bertz CT molecular complexity index is 1200. The Kier molecular flexibility index (Phi) is 6.91. The number of benzene rings is 1. The summed E-state index contributed by atoms with van der Waals surface area (Å²) < 4.78 is 72.5. The SMILES string of the molecule is C.CS(=O)(=O)N[C@@H]1CCC[C@H]1Oc1nc(Nc2ccc3ncsc3c2)ncc1C(F)(F)F. The highest BCUT2D eigenvalue weighted by molar-refractivity contribution is 7.88. The molecule has 0 amide bonds. The monoisotopic (exact) mass is 489 g/mol. The van der Waals surface area contributed by atoms with Crippen LogP contribution in [-0.2, 0) is 16.2 Å². The van der Waals surface area contributed by atoms with Crippen molar-refractivity contribution in [1.82, 2.24) is 19.7 Å². The van der Waals surface area contributed by atoms with Gasteiger partial charge in [-0.2, -0.15) is 18.2 Å². The molecular formula is C19H22F3N5O3S2. The minimum atomic E-state index is -4.73. The van der Waals surface area contributed by atoms with Crippen LogP contribution in [0.2, 0.25) is 0 Å². The van der Waals surface area contributed by atoms with E-state index < -0.39 is 39.8 Å². The van der Waals surface area contributed by atoms with Crippen molar-refractivity contribution in [3.63, 3.8) is 0 Å². The normalized spacial score (nSPS) is 19.0. The number of aromatic nitrogens is 3. The smallest absolute Gasteiger partial charge is 0.423 e. The van der Waals surface area contributed by atoms with Gasteiger partial charge in [0, 0.05) is 11.9 Å². The van der Waals surface area contributed by atoms with Gasteiger partial charge in [-0.1, -0.05) is 7.43 Å². The number of alkyl halides is 3. The number of halogens is 3. The third kappa shape index (κ3) is 5.64. The third-order valence-electron chi connectivity index (χ3n) is 4.73. The number of anilines is 2. The summed E-state index contributed by atoms with van der Waals surface area (Å²) >= 11 is 1.43. The minimum absolute atomic E-state index is 0. The molecule has 2 heterocycles. The molecule has 13 heteroatoms. The lowest BCUT2D eigenvalue weighted by Crippen LogP contribution is -2.42. The van der Waals surface area contributed by atoms with Gasteiger partial charge >= 0.3 is 6.18 Å². The molecule has 3 aromatic rings. The van der Waals surface area contributed by atoms with Crippen LogP contribution in [0.4, 0.5) is 24.8 Å². The van der Waals surface area contributed by atoms with Crippen LogP contribution in [0, 0.1) is 0 Å². The van der Waals surface area contributed by atoms with Crippen LogP contribution in [0.1, 0.15) is 32.3 Å². The molecule has 0 bridgehead atoms. The molecule has 174 valence electrons. The first-order valence-corrected chi connectivity index (χ1v) is 12.0. The van der Waals surface area contributed by atoms with Crippen molar-refractivity contribution in [3.8, 4) is 5.88 Å². The summed E-state index contributed by atoms with van der Waals surface area (Å²) in [6, 6.07) is 4.65. The summed E-state index contributed by atoms with van der Waals surface area (Å²) in [7, 11) is -3.53. The summed E-state index contributed by atoms with van der Waals surface area (Å²) in [6.45, 7) is 0. The number of nitrogens with one attached hydrogen (secondary N) is 2. The van der Waals surface area contributed by atoms with Crippen LogP contribution >= 0.6 is 11.3 Å². The van der Waals surface area contributed by atoms with Gasteiger partial charge in [-0.3, -0.25) is 0 Å². The Morgan fingerprint density at radius 3 is 2.72 bits per heavy atom. The Labute approximate surface area is 187 Å². The van der Waals surface area contributed by atoms with Crippen molar-refractivity contribution >= 4 is 43.2 Å². The molecule has 1 aliphatic carbocycles. The number of hydrogen-bond acceptors (Lipinski definition) is 8. The van der Waals surface area contributed by atoms with Crippen molar-refractivity contribution < 1.29 is 26.3 Å². The quantitative estimate of drug-likeness (QED) is 0.531. The van der Waals surface area contributed by atoms with Crippen LogP contribution in [0.5, 0.6) is 5.88 Å². The van der Waals surface area contributed by atoms with Crippen LogP contribution in [0.15, 0.2) is 29.9 Å². The van der Waals surface area contributed by atoms with Gasteiger partial charge < -0.3 is 10.1 Å². The molecule has 0 unspecified atom stereocenters. The Morgan fingerprint density at radius 2 is 2.00 bits per heavy atom. The number of sulfonamides is 1. The highest BCUT2D eigenvalue weighted by Gasteiger charge is 2.39. The van der Waals surface area contributed by atoms with E-state index in [4.69, 9.17) is 4.74 Å². The number of thiazole rings is 1. The first-order chi connectivity index (χ1) is 14.6. The van der Waals surface area contributed by atoms with E-state index in [9.17, 15) is 21.6 Å². The topological polar surface area (TPSA) is 106 Å². The largest absolute Gasteiger partial charge is 0.472 e. The van der Waals surface area contributed by atoms with Crippen LogP contribution in [0.25, 0.3) is 10.2 Å². The number of hydrogen-bond donors (Lipinski definition) is 2. The highest BCUT2D eigenvalue weighted by atomic mass is 32.2. The Morgan fingerprint density at radius 1 is 1.22 bits per heavy atom. The zero-order valence-electron chi connectivity index (χ0n) is 16.2. The van der Waals surface area contributed by atoms with Crippen molar-refractivity contribution in [1.29, 1.82) is 0 Å². The average Bonchev–Trinajstić information content (AvgIpc) is 3.29. The van der Waals surface area contributed by atoms with Gasteiger partial charge in [0.05, 0.1) is 28.0 Å². The average molecular weight is 490 g/mol. The van der Waals surface area contributed by atoms with Crippen molar-refractivity contribution in [2.24, 2.45) is 0 Å². The van der Waals surface area contributed by atoms with E-state index in [1.165, 1.54) is 11.3 Å². The predicted octanol–water partition coefficient (Wildman–Crippen LogP) is 4.33. The van der Waals surface area contributed by atoms with E-state index in [0.717, 1.165) is 16.5 Å². The van der Waals surface area contributed by atoms with Gasteiger partial charge in [0.25, 0.3) is 0 Å². The Hall–Kier alpha value is -2.51. The maximum absolute atomic E-state index is 13.5. The molecule has 32 heavy (non-hydrogen) atoms. The molecule has 0 spiro atoms. The molecule has 1 fully saturated rings. The van der Waals surface area contributed by atoms with Gasteiger partial charge in [0.2, 0.25) is 21.9 Å². The molecule has 1 saturated carbocycles. The molecule has 4 rings (SSSR count). The molecule has 0 saturated heterocycles. The van der Waals surface area contributed by atoms with Crippen molar-refractivity contribution in [2.45, 2.75) is 45.0 Å². The second-order valence-electron chi connectivity index (χ2n) is 7.15. The molecule has 1 aromatic carbocycles. The Balaban J connectivity index is 0.00000289. The summed E-state index contributed by atoms with van der Waals surface area (Å²) in [5.74, 6) is -0.714. The number of rotatable bonds is 6. The number of fused-ring (bicyclic) bond motifs is 1. The molecular weight excluding hydrogens is 467 g/mol. The predicted molar refractivity (Wildman–Crippen MR) is 117 cm³/mol. The van der Waals surface area contributed by atoms with E-state index >= 15 is 0 Å². The van der Waals surface area contributed by atoms with E-state index in [1.807, 2.05) is 0 Å². The zero-order chi connectivity index (χ0) is 22.2. The maximum Gasteiger partial charge on any atom is 0.423 e. The molecule has 2 atom stereocenters. The van der Waals surface area contributed by atoms with Crippen molar-refractivity contribution in [3.05, 3.63) is 35.5 Å². The molecule has 0 radical (unpaired) electrons. The van der Waals surface area contributed by atoms with E-state index in [0.29, 0.717) is 31.1 Å². The molecule has 2 aromatic heterocycles. The van der Waals surface area contributed by atoms with Gasteiger partial charge in [0.15, 0.2) is 0 Å². The molecule has 2 N–H and O–H groups in total. The van der Waals surface area contributed by atoms with Crippen LogP contribution in [0.3, 0.4) is 0 Å². The van der Waals surface area contributed by atoms with Crippen LogP contribution in [-0.4, -0.2) is 41.8 Å². The molecule has 0 aliphatic heterocycles. The van der Waals surface area contributed by atoms with Crippen LogP contribution < -0.4 is 14.8 Å². The second-order valence-corrected chi connectivity index (χ2v) is 9.82. The van der Waals surface area contributed by atoms with Gasteiger partial charge in [-0.15, -0.1) is 11.3 Å². The van der Waals surface area contributed by atoms with Crippen molar-refractivity contribution in [2.75, 3.05) is 11.6 Å². The zero-order valence-corrected chi connectivity index (χ0v) is 17.8. The first kappa shape index (κ1) is 24.1. The minimum Gasteiger partial charge on any atom is -0.472 e. The first-order valence-electron chi connectivity index (χ1n) is 9.27. The fraction of sp³-hybridized carbons (Fsp3) is 0.421. The maximum atomic E-state index is 13.5. The second kappa shape index (κ2) is 9.16. The van der Waals surface area contributed by atoms with E-state index in [-0.39, 0.29) is 13.4 Å². The molecule has 8 nitrogen and oxygen atoms in total.